The fraction of sp³-hybridized carbons (Fsp3) is 1.00. The van der Waals surface area contributed by atoms with E-state index in [0.717, 1.165) is 18.0 Å². The Kier molecular flexibility index (Phi) is 4.39. The van der Waals surface area contributed by atoms with E-state index in [4.69, 9.17) is 0 Å². The molecular weight excluding hydrogens is 172 g/mol. The maximum Gasteiger partial charge on any atom is 0.0122 e. The van der Waals surface area contributed by atoms with Crippen molar-refractivity contribution in [3.8, 4) is 0 Å². The Bertz CT molecular complexity index is 160. The van der Waals surface area contributed by atoms with Crippen molar-refractivity contribution in [3.63, 3.8) is 0 Å². The largest absolute Gasteiger partial charge is 0.312 e. The zero-order valence-corrected chi connectivity index (χ0v) is 10.4. The van der Waals surface area contributed by atoms with E-state index in [2.05, 4.69) is 45.0 Å². The predicted octanol–water partition coefficient (Wildman–Crippen LogP) is 2.10. The molecule has 1 saturated carbocycles. The summed E-state index contributed by atoms with van der Waals surface area (Å²) in [6, 6.07) is 2.24. The monoisotopic (exact) mass is 198 g/mol. The maximum absolute atomic E-state index is 3.59. The van der Waals surface area contributed by atoms with Crippen molar-refractivity contribution < 1.29 is 0 Å². The lowest BCUT2D eigenvalue weighted by atomic mass is 9.85. The Morgan fingerprint density at radius 2 is 1.79 bits per heavy atom. The Labute approximate surface area is 89.1 Å². The van der Waals surface area contributed by atoms with E-state index >= 15 is 0 Å². The van der Waals surface area contributed by atoms with Crippen molar-refractivity contribution in [2.24, 2.45) is 5.92 Å². The number of nitrogens with zero attached hydrogens (tertiary/aromatic N) is 1. The summed E-state index contributed by atoms with van der Waals surface area (Å²) in [6.07, 6.45) is 2.67. The van der Waals surface area contributed by atoms with Gasteiger partial charge in [-0.05, 0) is 25.8 Å². The van der Waals surface area contributed by atoms with Gasteiger partial charge >= 0.3 is 0 Å². The highest BCUT2D eigenvalue weighted by Crippen LogP contribution is 2.25. The smallest absolute Gasteiger partial charge is 0.0122 e. The van der Waals surface area contributed by atoms with Crippen LogP contribution in [-0.4, -0.2) is 36.6 Å². The molecule has 0 aromatic heterocycles. The van der Waals surface area contributed by atoms with Gasteiger partial charge in [0.2, 0.25) is 0 Å². The van der Waals surface area contributed by atoms with Gasteiger partial charge in [0.25, 0.3) is 0 Å². The van der Waals surface area contributed by atoms with Gasteiger partial charge in [-0.1, -0.05) is 27.7 Å². The molecule has 2 heteroatoms. The van der Waals surface area contributed by atoms with Crippen LogP contribution in [0, 0.1) is 5.92 Å². The summed E-state index contributed by atoms with van der Waals surface area (Å²) < 4.78 is 0. The first-order valence-corrected chi connectivity index (χ1v) is 5.95. The number of rotatable bonds is 5. The molecule has 0 saturated heterocycles. The van der Waals surface area contributed by atoms with E-state index in [-0.39, 0.29) is 0 Å². The van der Waals surface area contributed by atoms with Crippen LogP contribution in [0.2, 0.25) is 0 Å². The highest BCUT2D eigenvalue weighted by molar-refractivity contribution is 4.91. The summed E-state index contributed by atoms with van der Waals surface area (Å²) in [7, 11) is 2.26. The van der Waals surface area contributed by atoms with E-state index < -0.39 is 0 Å². The van der Waals surface area contributed by atoms with Crippen molar-refractivity contribution in [2.75, 3.05) is 13.6 Å². The second-order valence-electron chi connectivity index (χ2n) is 5.48. The quantitative estimate of drug-likeness (QED) is 0.728. The minimum absolute atomic E-state index is 0.636. The zero-order chi connectivity index (χ0) is 10.7. The molecule has 1 N–H and O–H groups in total. The molecule has 1 aliphatic carbocycles. The van der Waals surface area contributed by atoms with Crippen LogP contribution in [0.15, 0.2) is 0 Å². The lowest BCUT2D eigenvalue weighted by Crippen LogP contribution is -2.53. The van der Waals surface area contributed by atoms with Gasteiger partial charge in [0.1, 0.15) is 0 Å². The Morgan fingerprint density at radius 3 is 2.21 bits per heavy atom. The third-order valence-corrected chi connectivity index (χ3v) is 2.96. The van der Waals surface area contributed by atoms with Gasteiger partial charge in [0, 0.05) is 24.7 Å². The van der Waals surface area contributed by atoms with E-state index in [1.165, 1.54) is 19.4 Å². The fourth-order valence-electron chi connectivity index (χ4n) is 2.28. The molecule has 0 unspecified atom stereocenters. The summed E-state index contributed by atoms with van der Waals surface area (Å²) >= 11 is 0. The molecule has 0 aromatic rings. The summed E-state index contributed by atoms with van der Waals surface area (Å²) in [5, 5.41) is 3.59. The molecule has 0 spiro atoms. The fourth-order valence-corrected chi connectivity index (χ4v) is 2.28. The van der Waals surface area contributed by atoms with Crippen LogP contribution in [-0.2, 0) is 0 Å². The van der Waals surface area contributed by atoms with Crippen molar-refractivity contribution >= 4 is 0 Å². The minimum atomic E-state index is 0.636. The SMILES string of the molecule is CC(C)CN(C)C1CC(NC(C)C)C1. The summed E-state index contributed by atoms with van der Waals surface area (Å²) in [5.41, 5.74) is 0. The lowest BCUT2D eigenvalue weighted by Gasteiger charge is -2.43. The zero-order valence-electron chi connectivity index (χ0n) is 10.4. The van der Waals surface area contributed by atoms with E-state index in [1.54, 1.807) is 0 Å². The van der Waals surface area contributed by atoms with Crippen LogP contribution in [0.25, 0.3) is 0 Å². The van der Waals surface area contributed by atoms with Crippen LogP contribution in [0.4, 0.5) is 0 Å². The number of hydrogen-bond acceptors (Lipinski definition) is 2. The second-order valence-corrected chi connectivity index (χ2v) is 5.48. The molecular formula is C12H26N2. The topological polar surface area (TPSA) is 15.3 Å². The molecule has 1 fully saturated rings. The molecule has 1 aliphatic rings. The summed E-state index contributed by atoms with van der Waals surface area (Å²) in [4.78, 5) is 2.52. The second kappa shape index (κ2) is 5.13. The standard InChI is InChI=1S/C12H26N2/c1-9(2)8-14(5)12-6-11(7-12)13-10(3)4/h9-13H,6-8H2,1-5H3. The molecule has 0 aromatic carbocycles. The number of nitrogens with one attached hydrogen (secondary N) is 1. The van der Waals surface area contributed by atoms with E-state index in [0.29, 0.717) is 6.04 Å². The molecule has 0 aliphatic heterocycles. The summed E-state index contributed by atoms with van der Waals surface area (Å²) in [5.74, 6) is 0.789. The first kappa shape index (κ1) is 12.0. The Morgan fingerprint density at radius 1 is 1.21 bits per heavy atom. The molecule has 14 heavy (non-hydrogen) atoms. The Hall–Kier alpha value is -0.0800. The van der Waals surface area contributed by atoms with Crippen molar-refractivity contribution in [2.45, 2.75) is 58.7 Å². The molecule has 0 radical (unpaired) electrons. The van der Waals surface area contributed by atoms with Crippen LogP contribution in [0.3, 0.4) is 0 Å². The normalized spacial score (nSPS) is 27.4. The van der Waals surface area contributed by atoms with Gasteiger partial charge in [-0.2, -0.15) is 0 Å². The van der Waals surface area contributed by atoms with Gasteiger partial charge in [-0.15, -0.1) is 0 Å². The third kappa shape index (κ3) is 3.58. The Balaban J connectivity index is 2.14. The van der Waals surface area contributed by atoms with E-state index in [1.807, 2.05) is 0 Å². The maximum atomic E-state index is 3.59. The first-order chi connectivity index (χ1) is 6.49. The average molecular weight is 198 g/mol. The molecule has 0 bridgehead atoms. The molecule has 0 atom stereocenters. The average Bonchev–Trinajstić information content (AvgIpc) is 1.93. The lowest BCUT2D eigenvalue weighted by molar-refractivity contribution is 0.107. The highest BCUT2D eigenvalue weighted by atomic mass is 15.2. The molecule has 1 rings (SSSR count). The molecule has 84 valence electrons. The van der Waals surface area contributed by atoms with Gasteiger partial charge < -0.3 is 10.2 Å². The van der Waals surface area contributed by atoms with Crippen LogP contribution >= 0.6 is 0 Å². The van der Waals surface area contributed by atoms with E-state index in [9.17, 15) is 0 Å². The van der Waals surface area contributed by atoms with Crippen LogP contribution in [0.1, 0.15) is 40.5 Å². The molecule has 0 amide bonds. The molecule has 0 heterocycles. The molecule has 2 nitrogen and oxygen atoms in total. The van der Waals surface area contributed by atoms with Gasteiger partial charge in [0.15, 0.2) is 0 Å². The first-order valence-electron chi connectivity index (χ1n) is 5.95. The predicted molar refractivity (Wildman–Crippen MR) is 62.5 cm³/mol. The van der Waals surface area contributed by atoms with Gasteiger partial charge in [-0.3, -0.25) is 0 Å². The summed E-state index contributed by atoms with van der Waals surface area (Å²) in [6.45, 7) is 10.3. The third-order valence-electron chi connectivity index (χ3n) is 2.96. The van der Waals surface area contributed by atoms with Crippen molar-refractivity contribution in [1.29, 1.82) is 0 Å². The van der Waals surface area contributed by atoms with Crippen LogP contribution in [0.5, 0.6) is 0 Å². The van der Waals surface area contributed by atoms with Crippen molar-refractivity contribution in [1.82, 2.24) is 10.2 Å². The minimum Gasteiger partial charge on any atom is -0.312 e. The highest BCUT2D eigenvalue weighted by Gasteiger charge is 2.31. The van der Waals surface area contributed by atoms with Gasteiger partial charge in [0.05, 0.1) is 0 Å². The van der Waals surface area contributed by atoms with Crippen molar-refractivity contribution in [3.05, 3.63) is 0 Å². The van der Waals surface area contributed by atoms with Crippen LogP contribution < -0.4 is 5.32 Å². The number of hydrogen-bond donors (Lipinski definition) is 1. The van der Waals surface area contributed by atoms with Gasteiger partial charge in [-0.25, -0.2) is 0 Å².